The minimum absolute atomic E-state index is 0.0671. The first-order valence-electron chi connectivity index (χ1n) is 6.80. The fourth-order valence-corrected chi connectivity index (χ4v) is 1.89. The smallest absolute Gasteiger partial charge is 0.229 e. The lowest BCUT2D eigenvalue weighted by Gasteiger charge is -2.09. The fourth-order valence-electron chi connectivity index (χ4n) is 1.89. The number of hydrogen-bond acceptors (Lipinski definition) is 5. The Kier molecular flexibility index (Phi) is 4.57. The van der Waals surface area contributed by atoms with Gasteiger partial charge in [-0.25, -0.2) is 4.98 Å². The predicted octanol–water partition coefficient (Wildman–Crippen LogP) is 2.65. The van der Waals surface area contributed by atoms with Crippen LogP contribution in [0.1, 0.15) is 30.9 Å². The normalized spacial score (nSPS) is 10.7. The van der Waals surface area contributed by atoms with Crippen LogP contribution in [0, 0.1) is 13.8 Å². The van der Waals surface area contributed by atoms with Crippen LogP contribution < -0.4 is 10.1 Å². The average molecular weight is 289 g/mol. The van der Waals surface area contributed by atoms with Crippen LogP contribution in [-0.2, 0) is 11.2 Å². The maximum absolute atomic E-state index is 12.0. The largest absolute Gasteiger partial charge is 0.475 e. The van der Waals surface area contributed by atoms with Gasteiger partial charge in [0.2, 0.25) is 11.8 Å². The molecule has 21 heavy (non-hydrogen) atoms. The van der Waals surface area contributed by atoms with Crippen molar-refractivity contribution in [3.8, 4) is 5.88 Å². The summed E-state index contributed by atoms with van der Waals surface area (Å²) in [6.45, 7) is 7.48. The maximum atomic E-state index is 12.0. The summed E-state index contributed by atoms with van der Waals surface area (Å²) in [6.07, 6.45) is 1.87. The zero-order chi connectivity index (χ0) is 15.4. The third kappa shape index (κ3) is 4.05. The van der Waals surface area contributed by atoms with Gasteiger partial charge in [-0.05, 0) is 33.8 Å². The number of nitrogens with one attached hydrogen (secondary N) is 1. The molecule has 0 radical (unpaired) electrons. The first-order valence-corrected chi connectivity index (χ1v) is 6.80. The topological polar surface area (TPSA) is 77.2 Å². The molecule has 0 aromatic carbocycles. The van der Waals surface area contributed by atoms with Crippen molar-refractivity contribution in [1.82, 2.24) is 10.1 Å². The van der Waals surface area contributed by atoms with Gasteiger partial charge in [0, 0.05) is 11.6 Å². The van der Waals surface area contributed by atoms with Crippen LogP contribution in [0.3, 0.4) is 0 Å². The number of ether oxygens (including phenoxy) is 1. The van der Waals surface area contributed by atoms with E-state index in [-0.39, 0.29) is 18.4 Å². The van der Waals surface area contributed by atoms with Crippen LogP contribution in [0.15, 0.2) is 22.9 Å². The molecule has 0 unspecified atom stereocenters. The van der Waals surface area contributed by atoms with Gasteiger partial charge < -0.3 is 14.6 Å². The van der Waals surface area contributed by atoms with E-state index in [0.29, 0.717) is 17.3 Å². The molecule has 0 saturated heterocycles. The highest BCUT2D eigenvalue weighted by atomic mass is 16.5. The van der Waals surface area contributed by atoms with Gasteiger partial charge in [0.25, 0.3) is 0 Å². The second kappa shape index (κ2) is 6.39. The predicted molar refractivity (Wildman–Crippen MR) is 78.3 cm³/mol. The fraction of sp³-hybridized carbons (Fsp3) is 0.400. The van der Waals surface area contributed by atoms with Crippen molar-refractivity contribution in [2.24, 2.45) is 0 Å². The lowest BCUT2D eigenvalue weighted by molar-refractivity contribution is -0.115. The third-order valence-corrected chi connectivity index (χ3v) is 2.90. The third-order valence-electron chi connectivity index (χ3n) is 2.90. The van der Waals surface area contributed by atoms with E-state index in [1.807, 2.05) is 20.8 Å². The molecule has 112 valence electrons. The quantitative estimate of drug-likeness (QED) is 0.915. The number of aryl methyl sites for hydroxylation is 2. The van der Waals surface area contributed by atoms with Gasteiger partial charge in [0.05, 0.1) is 30.1 Å². The highest BCUT2D eigenvalue weighted by Crippen LogP contribution is 2.16. The van der Waals surface area contributed by atoms with Crippen LogP contribution in [0.5, 0.6) is 5.88 Å². The van der Waals surface area contributed by atoms with Gasteiger partial charge in [0.15, 0.2) is 0 Å². The number of nitrogens with zero attached hydrogens (tertiary/aromatic N) is 2. The Bertz CT molecular complexity index is 598. The van der Waals surface area contributed by atoms with E-state index in [0.717, 1.165) is 11.3 Å². The van der Waals surface area contributed by atoms with Gasteiger partial charge in [-0.1, -0.05) is 5.16 Å². The van der Waals surface area contributed by atoms with E-state index in [1.54, 1.807) is 25.3 Å². The SMILES string of the molecule is Cc1noc(C)c1CC(=O)Nc1ccc(OC(C)C)nc1. The maximum Gasteiger partial charge on any atom is 0.229 e. The van der Waals surface area contributed by atoms with E-state index >= 15 is 0 Å². The molecule has 1 N–H and O–H groups in total. The van der Waals surface area contributed by atoms with E-state index in [1.165, 1.54) is 0 Å². The molecular formula is C15H19N3O3. The van der Waals surface area contributed by atoms with Crippen LogP contribution in [-0.4, -0.2) is 22.2 Å². The highest BCUT2D eigenvalue weighted by Gasteiger charge is 2.13. The molecule has 0 aliphatic heterocycles. The summed E-state index contributed by atoms with van der Waals surface area (Å²) in [4.78, 5) is 16.1. The minimum atomic E-state index is -0.135. The summed E-state index contributed by atoms with van der Waals surface area (Å²) >= 11 is 0. The van der Waals surface area contributed by atoms with Crippen molar-refractivity contribution < 1.29 is 14.1 Å². The Morgan fingerprint density at radius 3 is 2.67 bits per heavy atom. The number of hydrogen-bond donors (Lipinski definition) is 1. The van der Waals surface area contributed by atoms with Crippen molar-refractivity contribution >= 4 is 11.6 Å². The first kappa shape index (κ1) is 15.0. The Morgan fingerprint density at radius 1 is 1.38 bits per heavy atom. The molecule has 0 saturated carbocycles. The van der Waals surface area contributed by atoms with E-state index in [2.05, 4.69) is 15.5 Å². The number of pyridine rings is 1. The summed E-state index contributed by atoms with van der Waals surface area (Å²) in [5, 5.41) is 6.62. The molecule has 2 rings (SSSR count). The molecule has 0 bridgehead atoms. The van der Waals surface area contributed by atoms with Crippen molar-refractivity contribution in [2.45, 2.75) is 40.2 Å². The number of carbonyl (C=O) groups excluding carboxylic acids is 1. The number of aromatic nitrogens is 2. The Balaban J connectivity index is 1.97. The van der Waals surface area contributed by atoms with Crippen molar-refractivity contribution in [2.75, 3.05) is 5.32 Å². The molecule has 2 aromatic rings. The first-order chi connectivity index (χ1) is 9.95. The average Bonchev–Trinajstić information content (AvgIpc) is 2.72. The highest BCUT2D eigenvalue weighted by molar-refractivity contribution is 5.92. The van der Waals surface area contributed by atoms with Crippen LogP contribution >= 0.6 is 0 Å². The Labute approximate surface area is 123 Å². The zero-order valence-electron chi connectivity index (χ0n) is 12.6. The molecule has 6 heteroatoms. The molecule has 2 heterocycles. The van der Waals surface area contributed by atoms with Crippen LogP contribution in [0.2, 0.25) is 0 Å². The monoisotopic (exact) mass is 289 g/mol. The van der Waals surface area contributed by atoms with E-state index < -0.39 is 0 Å². The molecule has 0 fully saturated rings. The summed E-state index contributed by atoms with van der Waals surface area (Å²) in [6, 6.07) is 3.49. The lowest BCUT2D eigenvalue weighted by Crippen LogP contribution is -2.15. The lowest BCUT2D eigenvalue weighted by atomic mass is 10.1. The molecule has 0 aliphatic carbocycles. The van der Waals surface area contributed by atoms with E-state index in [9.17, 15) is 4.79 Å². The second-order valence-electron chi connectivity index (χ2n) is 5.08. The molecule has 1 amide bonds. The summed E-state index contributed by atoms with van der Waals surface area (Å²) in [7, 11) is 0. The number of anilines is 1. The number of amides is 1. The number of carbonyl (C=O) groups is 1. The molecule has 0 aliphatic rings. The second-order valence-corrected chi connectivity index (χ2v) is 5.08. The summed E-state index contributed by atoms with van der Waals surface area (Å²) < 4.78 is 10.5. The minimum Gasteiger partial charge on any atom is -0.475 e. The Morgan fingerprint density at radius 2 is 2.14 bits per heavy atom. The number of rotatable bonds is 5. The zero-order valence-corrected chi connectivity index (χ0v) is 12.6. The van der Waals surface area contributed by atoms with E-state index in [4.69, 9.17) is 9.26 Å². The van der Waals surface area contributed by atoms with Gasteiger partial charge in [-0.15, -0.1) is 0 Å². The molecule has 0 atom stereocenters. The molecule has 6 nitrogen and oxygen atoms in total. The summed E-state index contributed by atoms with van der Waals surface area (Å²) in [5.74, 6) is 1.07. The molecule has 0 spiro atoms. The summed E-state index contributed by atoms with van der Waals surface area (Å²) in [5.41, 5.74) is 2.18. The molecular weight excluding hydrogens is 270 g/mol. The van der Waals surface area contributed by atoms with Gasteiger partial charge in [-0.3, -0.25) is 4.79 Å². The standard InChI is InChI=1S/C15H19N3O3/c1-9(2)20-15-6-5-12(8-16-15)17-14(19)7-13-10(3)18-21-11(13)4/h5-6,8-9H,7H2,1-4H3,(H,17,19). The molecule has 2 aromatic heterocycles. The van der Waals surface area contributed by atoms with Gasteiger partial charge in [0.1, 0.15) is 5.76 Å². The van der Waals surface area contributed by atoms with Crippen molar-refractivity contribution in [3.63, 3.8) is 0 Å². The van der Waals surface area contributed by atoms with Crippen LogP contribution in [0.25, 0.3) is 0 Å². The Hall–Kier alpha value is -2.37. The van der Waals surface area contributed by atoms with Gasteiger partial charge >= 0.3 is 0 Å². The van der Waals surface area contributed by atoms with Gasteiger partial charge in [-0.2, -0.15) is 0 Å². The van der Waals surface area contributed by atoms with Crippen LogP contribution in [0.4, 0.5) is 5.69 Å². The van der Waals surface area contributed by atoms with Crippen molar-refractivity contribution in [3.05, 3.63) is 35.3 Å². The van der Waals surface area contributed by atoms with Crippen molar-refractivity contribution in [1.29, 1.82) is 0 Å².